The van der Waals surface area contributed by atoms with Crippen molar-refractivity contribution in [3.05, 3.63) is 35.9 Å². The van der Waals surface area contributed by atoms with Gasteiger partial charge in [0.05, 0.1) is 5.92 Å². The fraction of sp³-hybridized carbons (Fsp3) is 0.636. The van der Waals surface area contributed by atoms with E-state index in [0.717, 1.165) is 71.2 Å². The third kappa shape index (κ3) is 4.89. The Morgan fingerprint density at radius 1 is 0.926 bits per heavy atom. The molecule has 5 heteroatoms. The highest BCUT2D eigenvalue weighted by molar-refractivity contribution is 5.81. The highest BCUT2D eigenvalue weighted by Crippen LogP contribution is 2.29. The summed E-state index contributed by atoms with van der Waals surface area (Å²) >= 11 is 0. The van der Waals surface area contributed by atoms with Crippen molar-refractivity contribution in [3.8, 4) is 0 Å². The van der Waals surface area contributed by atoms with Gasteiger partial charge in [-0.2, -0.15) is 0 Å². The lowest BCUT2D eigenvalue weighted by Gasteiger charge is -2.38. The molecular formula is C22H31N3O2. The molecule has 0 unspecified atom stereocenters. The van der Waals surface area contributed by atoms with E-state index in [4.69, 9.17) is 0 Å². The summed E-state index contributed by atoms with van der Waals surface area (Å²) in [5, 5.41) is 3.17. The van der Waals surface area contributed by atoms with Crippen LogP contribution < -0.4 is 5.32 Å². The van der Waals surface area contributed by atoms with Crippen molar-refractivity contribution < 1.29 is 9.59 Å². The van der Waals surface area contributed by atoms with E-state index < -0.39 is 0 Å². The van der Waals surface area contributed by atoms with Crippen molar-refractivity contribution in [2.45, 2.75) is 51.1 Å². The number of carbonyl (C=O) groups excluding carboxylic acids is 2. The van der Waals surface area contributed by atoms with Crippen LogP contribution in [0.15, 0.2) is 30.3 Å². The van der Waals surface area contributed by atoms with Crippen molar-refractivity contribution >= 4 is 11.8 Å². The van der Waals surface area contributed by atoms with Gasteiger partial charge in [-0.1, -0.05) is 30.3 Å². The summed E-state index contributed by atoms with van der Waals surface area (Å²) in [6.07, 6.45) is 5.98. The maximum atomic E-state index is 13.0. The first-order valence-corrected chi connectivity index (χ1v) is 10.5. The van der Waals surface area contributed by atoms with Crippen LogP contribution in [0.2, 0.25) is 0 Å². The van der Waals surface area contributed by atoms with E-state index in [1.54, 1.807) is 0 Å². The molecule has 2 saturated heterocycles. The molecule has 1 aromatic rings. The molecule has 2 aliphatic heterocycles. The van der Waals surface area contributed by atoms with Gasteiger partial charge in [-0.05, 0) is 50.6 Å². The Labute approximate surface area is 162 Å². The lowest BCUT2D eigenvalue weighted by atomic mass is 9.94. The first kappa shape index (κ1) is 18.5. The van der Waals surface area contributed by atoms with Crippen LogP contribution in [0, 0.1) is 11.8 Å². The van der Waals surface area contributed by atoms with Gasteiger partial charge >= 0.3 is 0 Å². The standard InChI is InChI=1S/C22H31N3O2/c26-21(18-8-9-18)23-20-10-13-25(14-11-20)22(27)19-7-4-12-24(16-19)15-17-5-2-1-3-6-17/h1-3,5-6,18-20H,4,7-16H2,(H,23,26)/t19-/m1/s1. The summed E-state index contributed by atoms with van der Waals surface area (Å²) < 4.78 is 0. The van der Waals surface area contributed by atoms with Gasteiger partial charge in [-0.25, -0.2) is 0 Å². The molecule has 1 aliphatic carbocycles. The molecule has 146 valence electrons. The number of nitrogens with one attached hydrogen (secondary N) is 1. The zero-order valence-electron chi connectivity index (χ0n) is 16.1. The van der Waals surface area contributed by atoms with Crippen LogP contribution in [0.4, 0.5) is 0 Å². The summed E-state index contributed by atoms with van der Waals surface area (Å²) in [7, 11) is 0. The van der Waals surface area contributed by atoms with Crippen LogP contribution in [0.25, 0.3) is 0 Å². The number of likely N-dealkylation sites (tertiary alicyclic amines) is 2. The van der Waals surface area contributed by atoms with E-state index in [-0.39, 0.29) is 23.8 Å². The largest absolute Gasteiger partial charge is 0.353 e. The Morgan fingerprint density at radius 3 is 2.37 bits per heavy atom. The molecule has 2 amide bonds. The number of rotatable bonds is 5. The van der Waals surface area contributed by atoms with Crippen molar-refractivity contribution in [2.24, 2.45) is 11.8 Å². The first-order chi connectivity index (χ1) is 13.2. The average molecular weight is 370 g/mol. The average Bonchev–Trinajstić information content (AvgIpc) is 3.54. The maximum absolute atomic E-state index is 13.0. The number of piperidine rings is 2. The third-order valence-electron chi connectivity index (χ3n) is 6.20. The van der Waals surface area contributed by atoms with Gasteiger partial charge in [0.25, 0.3) is 0 Å². The minimum absolute atomic E-state index is 0.125. The minimum atomic E-state index is 0.125. The summed E-state index contributed by atoms with van der Waals surface area (Å²) in [4.78, 5) is 29.4. The fourth-order valence-electron chi connectivity index (χ4n) is 4.41. The highest BCUT2D eigenvalue weighted by atomic mass is 16.2. The predicted octanol–water partition coefficient (Wildman–Crippen LogP) is 2.42. The summed E-state index contributed by atoms with van der Waals surface area (Å²) in [5.41, 5.74) is 1.32. The van der Waals surface area contributed by atoms with Crippen molar-refractivity contribution in [1.29, 1.82) is 0 Å². The molecule has 0 spiro atoms. The van der Waals surface area contributed by atoms with Crippen LogP contribution in [0.5, 0.6) is 0 Å². The molecule has 3 aliphatic rings. The fourth-order valence-corrected chi connectivity index (χ4v) is 4.41. The van der Waals surface area contributed by atoms with Crippen LogP contribution in [-0.4, -0.2) is 53.8 Å². The molecule has 1 saturated carbocycles. The van der Waals surface area contributed by atoms with E-state index in [0.29, 0.717) is 5.91 Å². The van der Waals surface area contributed by atoms with E-state index >= 15 is 0 Å². The van der Waals surface area contributed by atoms with Gasteiger partial charge in [0, 0.05) is 38.1 Å². The Balaban J connectivity index is 1.24. The number of benzene rings is 1. The van der Waals surface area contributed by atoms with E-state index in [1.807, 2.05) is 11.0 Å². The molecule has 3 fully saturated rings. The van der Waals surface area contributed by atoms with Crippen LogP contribution in [0.1, 0.15) is 44.1 Å². The maximum Gasteiger partial charge on any atom is 0.226 e. The van der Waals surface area contributed by atoms with Gasteiger partial charge in [-0.3, -0.25) is 14.5 Å². The molecule has 0 radical (unpaired) electrons. The van der Waals surface area contributed by atoms with Crippen molar-refractivity contribution in [1.82, 2.24) is 15.1 Å². The smallest absolute Gasteiger partial charge is 0.226 e. The molecular weight excluding hydrogens is 338 g/mol. The van der Waals surface area contributed by atoms with Gasteiger partial charge in [0.15, 0.2) is 0 Å². The van der Waals surface area contributed by atoms with Gasteiger partial charge < -0.3 is 10.2 Å². The second-order valence-corrected chi connectivity index (χ2v) is 8.44. The van der Waals surface area contributed by atoms with Gasteiger partial charge in [0.2, 0.25) is 11.8 Å². The van der Waals surface area contributed by atoms with E-state index in [2.05, 4.69) is 34.5 Å². The summed E-state index contributed by atoms with van der Waals surface area (Å²) in [6, 6.07) is 10.8. The van der Waals surface area contributed by atoms with Gasteiger partial charge in [0.1, 0.15) is 0 Å². The Morgan fingerprint density at radius 2 is 1.67 bits per heavy atom. The molecule has 4 rings (SSSR count). The Hall–Kier alpha value is -1.88. The second-order valence-electron chi connectivity index (χ2n) is 8.44. The zero-order valence-corrected chi connectivity index (χ0v) is 16.1. The monoisotopic (exact) mass is 369 g/mol. The first-order valence-electron chi connectivity index (χ1n) is 10.5. The SMILES string of the molecule is O=C(NC1CCN(C(=O)[C@@H]2CCCN(Cc3ccccc3)C2)CC1)C1CC1. The predicted molar refractivity (Wildman–Crippen MR) is 105 cm³/mol. The molecule has 1 N–H and O–H groups in total. The number of nitrogens with zero attached hydrogens (tertiary/aromatic N) is 2. The Bertz CT molecular complexity index is 651. The van der Waals surface area contributed by atoms with Crippen molar-refractivity contribution in [2.75, 3.05) is 26.2 Å². The normalized spacial score (nSPS) is 24.6. The van der Waals surface area contributed by atoms with Crippen LogP contribution in [-0.2, 0) is 16.1 Å². The molecule has 5 nitrogen and oxygen atoms in total. The quantitative estimate of drug-likeness (QED) is 0.867. The minimum Gasteiger partial charge on any atom is -0.353 e. The molecule has 1 atom stereocenters. The molecule has 1 aromatic carbocycles. The topological polar surface area (TPSA) is 52.7 Å². The number of hydrogen-bond acceptors (Lipinski definition) is 3. The molecule has 27 heavy (non-hydrogen) atoms. The Kier molecular flexibility index (Phi) is 5.77. The lowest BCUT2D eigenvalue weighted by molar-refractivity contribution is -0.138. The molecule has 0 aromatic heterocycles. The van der Waals surface area contributed by atoms with Crippen LogP contribution >= 0.6 is 0 Å². The zero-order chi connectivity index (χ0) is 18.6. The highest BCUT2D eigenvalue weighted by Gasteiger charge is 2.34. The lowest BCUT2D eigenvalue weighted by Crippen LogP contribution is -2.50. The van der Waals surface area contributed by atoms with Crippen molar-refractivity contribution in [3.63, 3.8) is 0 Å². The third-order valence-corrected chi connectivity index (χ3v) is 6.20. The molecule has 2 heterocycles. The number of hydrogen-bond donors (Lipinski definition) is 1. The van der Waals surface area contributed by atoms with E-state index in [9.17, 15) is 9.59 Å². The second kappa shape index (κ2) is 8.42. The number of amides is 2. The summed E-state index contributed by atoms with van der Waals surface area (Å²) in [5.74, 6) is 0.936. The summed E-state index contributed by atoms with van der Waals surface area (Å²) in [6.45, 7) is 4.44. The van der Waals surface area contributed by atoms with Gasteiger partial charge in [-0.15, -0.1) is 0 Å². The van der Waals surface area contributed by atoms with E-state index in [1.165, 1.54) is 5.56 Å². The molecule has 0 bridgehead atoms. The van der Waals surface area contributed by atoms with Crippen LogP contribution in [0.3, 0.4) is 0 Å². The number of carbonyl (C=O) groups is 2.